The van der Waals surface area contributed by atoms with Crippen LogP contribution in [-0.4, -0.2) is 13.1 Å². The lowest BCUT2D eigenvalue weighted by Gasteiger charge is -2.00. The fraction of sp³-hybridized carbons (Fsp3) is 0.333. The molecule has 0 saturated carbocycles. The first kappa shape index (κ1) is 8.71. The molecule has 0 aromatic carbocycles. The summed E-state index contributed by atoms with van der Waals surface area (Å²) in [6.45, 7) is 1.88. The van der Waals surface area contributed by atoms with Gasteiger partial charge in [-0.1, -0.05) is 0 Å². The molecule has 3 heteroatoms. The molecule has 0 aliphatic carbocycles. The van der Waals surface area contributed by atoms with Crippen LogP contribution in [0.3, 0.4) is 0 Å². The second-order valence-corrected chi connectivity index (χ2v) is 2.70. The van der Waals surface area contributed by atoms with Crippen molar-refractivity contribution in [3.05, 3.63) is 29.6 Å². The second kappa shape index (κ2) is 3.34. The van der Waals surface area contributed by atoms with Crippen LogP contribution >= 0.6 is 0 Å². The molecule has 1 aromatic rings. The van der Waals surface area contributed by atoms with Gasteiger partial charge in [0, 0.05) is 11.6 Å². The topological polar surface area (TPSA) is 30.2 Å². The molecule has 1 rings (SSSR count). The van der Waals surface area contributed by atoms with Gasteiger partial charge < -0.3 is 4.74 Å². The highest BCUT2D eigenvalue weighted by molar-refractivity contribution is 5.90. The Kier molecular flexibility index (Phi) is 2.43. The molecular formula is C9H12NO2+. The van der Waals surface area contributed by atoms with E-state index in [0.29, 0.717) is 5.56 Å². The zero-order valence-corrected chi connectivity index (χ0v) is 7.50. The zero-order chi connectivity index (χ0) is 9.14. The molecule has 1 aromatic heterocycles. The van der Waals surface area contributed by atoms with Gasteiger partial charge in [-0.2, -0.15) is 0 Å². The average Bonchev–Trinajstić information content (AvgIpc) is 2.03. The van der Waals surface area contributed by atoms with Gasteiger partial charge in [-0.3, -0.25) is 0 Å². The predicted molar refractivity (Wildman–Crippen MR) is 43.7 cm³/mol. The molecule has 0 fully saturated rings. The quantitative estimate of drug-likeness (QED) is 0.452. The highest BCUT2D eigenvalue weighted by Gasteiger charge is 2.10. The lowest BCUT2D eigenvalue weighted by atomic mass is 10.1. The van der Waals surface area contributed by atoms with Gasteiger partial charge in [0.05, 0.1) is 12.7 Å². The van der Waals surface area contributed by atoms with E-state index in [-0.39, 0.29) is 5.97 Å². The van der Waals surface area contributed by atoms with E-state index in [4.69, 9.17) is 0 Å². The van der Waals surface area contributed by atoms with Gasteiger partial charge in [0.2, 0.25) is 0 Å². The molecular weight excluding hydrogens is 154 g/mol. The molecule has 0 saturated heterocycles. The number of hydrogen-bond acceptors (Lipinski definition) is 2. The number of carbonyl (C=O) groups excluding carboxylic acids is 1. The minimum Gasteiger partial charge on any atom is -0.465 e. The van der Waals surface area contributed by atoms with Crippen LogP contribution in [0.25, 0.3) is 0 Å². The first-order chi connectivity index (χ1) is 5.65. The first-order valence-corrected chi connectivity index (χ1v) is 3.69. The SMILES string of the molecule is COC(=O)c1cc[n+](C)cc1C. The molecule has 0 aliphatic rings. The van der Waals surface area contributed by atoms with Gasteiger partial charge in [0.15, 0.2) is 12.4 Å². The van der Waals surface area contributed by atoms with Crippen molar-refractivity contribution in [3.8, 4) is 0 Å². The van der Waals surface area contributed by atoms with Crippen LogP contribution in [-0.2, 0) is 11.8 Å². The van der Waals surface area contributed by atoms with E-state index in [1.165, 1.54) is 7.11 Å². The monoisotopic (exact) mass is 166 g/mol. The number of aryl methyl sites for hydroxylation is 2. The Balaban J connectivity index is 3.09. The molecule has 1 heterocycles. The summed E-state index contributed by atoms with van der Waals surface area (Å²) < 4.78 is 6.50. The Morgan fingerprint density at radius 1 is 1.58 bits per heavy atom. The van der Waals surface area contributed by atoms with Crippen LogP contribution in [0.5, 0.6) is 0 Å². The highest BCUT2D eigenvalue weighted by atomic mass is 16.5. The van der Waals surface area contributed by atoms with Crippen molar-refractivity contribution >= 4 is 5.97 Å². The lowest BCUT2D eigenvalue weighted by Crippen LogP contribution is -2.28. The molecule has 0 aliphatic heterocycles. The van der Waals surface area contributed by atoms with Crippen molar-refractivity contribution in [2.75, 3.05) is 7.11 Å². The van der Waals surface area contributed by atoms with Crippen molar-refractivity contribution in [1.29, 1.82) is 0 Å². The number of aromatic nitrogens is 1. The van der Waals surface area contributed by atoms with E-state index in [0.717, 1.165) is 5.56 Å². The van der Waals surface area contributed by atoms with E-state index >= 15 is 0 Å². The van der Waals surface area contributed by atoms with Crippen molar-refractivity contribution < 1.29 is 14.1 Å². The van der Waals surface area contributed by atoms with Crippen molar-refractivity contribution in [2.24, 2.45) is 7.05 Å². The highest BCUT2D eigenvalue weighted by Crippen LogP contribution is 2.04. The Hall–Kier alpha value is -1.38. The predicted octanol–water partition coefficient (Wildman–Crippen LogP) is 0.606. The fourth-order valence-corrected chi connectivity index (χ4v) is 1.08. The molecule has 3 nitrogen and oxygen atoms in total. The summed E-state index contributed by atoms with van der Waals surface area (Å²) in [5.74, 6) is -0.284. The molecule has 0 amide bonds. The molecule has 0 spiro atoms. The third kappa shape index (κ3) is 1.61. The van der Waals surface area contributed by atoms with Gasteiger partial charge in [-0.15, -0.1) is 0 Å². The maximum Gasteiger partial charge on any atom is 0.338 e. The van der Waals surface area contributed by atoms with Gasteiger partial charge in [-0.05, 0) is 6.92 Å². The van der Waals surface area contributed by atoms with E-state index in [1.54, 1.807) is 6.07 Å². The first-order valence-electron chi connectivity index (χ1n) is 3.69. The van der Waals surface area contributed by atoms with Crippen molar-refractivity contribution in [2.45, 2.75) is 6.92 Å². The van der Waals surface area contributed by atoms with Crippen LogP contribution in [0.15, 0.2) is 18.5 Å². The number of methoxy groups -OCH3 is 1. The number of ether oxygens (including phenoxy) is 1. The summed E-state index contributed by atoms with van der Waals surface area (Å²) >= 11 is 0. The molecule has 12 heavy (non-hydrogen) atoms. The fourth-order valence-electron chi connectivity index (χ4n) is 1.08. The minimum absolute atomic E-state index is 0.284. The number of esters is 1. The van der Waals surface area contributed by atoms with Gasteiger partial charge in [0.25, 0.3) is 0 Å². The molecule has 0 atom stereocenters. The van der Waals surface area contributed by atoms with Gasteiger partial charge in [0.1, 0.15) is 7.05 Å². The summed E-state index contributed by atoms with van der Waals surface area (Å²) in [6.07, 6.45) is 3.70. The third-order valence-corrected chi connectivity index (χ3v) is 1.70. The Bertz CT molecular complexity index is 307. The third-order valence-electron chi connectivity index (χ3n) is 1.70. The van der Waals surface area contributed by atoms with Gasteiger partial charge in [-0.25, -0.2) is 9.36 Å². The lowest BCUT2D eigenvalue weighted by molar-refractivity contribution is -0.671. The average molecular weight is 166 g/mol. The summed E-state index contributed by atoms with van der Waals surface area (Å²) in [4.78, 5) is 11.1. The number of nitrogens with zero attached hydrogens (tertiary/aromatic N) is 1. The van der Waals surface area contributed by atoms with Crippen LogP contribution in [0.2, 0.25) is 0 Å². The normalized spacial score (nSPS) is 9.58. The molecule has 0 unspecified atom stereocenters. The minimum atomic E-state index is -0.284. The van der Waals surface area contributed by atoms with Crippen LogP contribution in [0.4, 0.5) is 0 Å². The van der Waals surface area contributed by atoms with E-state index in [2.05, 4.69) is 4.74 Å². The smallest absolute Gasteiger partial charge is 0.338 e. The van der Waals surface area contributed by atoms with Gasteiger partial charge >= 0.3 is 5.97 Å². The summed E-state index contributed by atoms with van der Waals surface area (Å²) in [5.41, 5.74) is 1.54. The Morgan fingerprint density at radius 2 is 2.25 bits per heavy atom. The molecule has 0 radical (unpaired) electrons. The van der Waals surface area contributed by atoms with Crippen LogP contribution in [0, 0.1) is 6.92 Å². The number of pyridine rings is 1. The van der Waals surface area contributed by atoms with Crippen molar-refractivity contribution in [3.63, 3.8) is 0 Å². The zero-order valence-electron chi connectivity index (χ0n) is 7.50. The molecule has 64 valence electrons. The van der Waals surface area contributed by atoms with E-state index in [1.807, 2.05) is 30.9 Å². The van der Waals surface area contributed by atoms with E-state index < -0.39 is 0 Å². The number of hydrogen-bond donors (Lipinski definition) is 0. The molecule has 0 N–H and O–H groups in total. The summed E-state index contributed by atoms with van der Waals surface area (Å²) in [7, 11) is 3.29. The summed E-state index contributed by atoms with van der Waals surface area (Å²) in [6, 6.07) is 1.75. The maximum atomic E-state index is 11.1. The van der Waals surface area contributed by atoms with Crippen LogP contribution in [0.1, 0.15) is 15.9 Å². The second-order valence-electron chi connectivity index (χ2n) is 2.70. The van der Waals surface area contributed by atoms with Crippen molar-refractivity contribution in [1.82, 2.24) is 0 Å². The number of carbonyl (C=O) groups is 1. The Labute approximate surface area is 71.6 Å². The maximum absolute atomic E-state index is 11.1. The Morgan fingerprint density at radius 3 is 2.75 bits per heavy atom. The van der Waals surface area contributed by atoms with E-state index in [9.17, 15) is 4.79 Å². The summed E-state index contributed by atoms with van der Waals surface area (Å²) in [5, 5.41) is 0. The standard InChI is InChI=1S/C9H12NO2/c1-7-6-10(2)5-4-8(7)9(11)12-3/h4-6H,1-3H3/q+1. The molecule has 0 bridgehead atoms. The van der Waals surface area contributed by atoms with Crippen LogP contribution < -0.4 is 4.57 Å². The number of rotatable bonds is 1. The largest absolute Gasteiger partial charge is 0.465 e.